The number of nitrogens with zero attached hydrogens (tertiary/aromatic N) is 2. The minimum absolute atomic E-state index is 0.0340. The minimum atomic E-state index is -0.200. The second kappa shape index (κ2) is 7.08. The normalized spacial score (nSPS) is 17.0. The maximum absolute atomic E-state index is 12.4. The number of carbonyl (C=O) groups excluding carboxylic acids is 1. The van der Waals surface area contributed by atoms with Crippen LogP contribution in [-0.4, -0.2) is 22.4 Å². The van der Waals surface area contributed by atoms with Gasteiger partial charge in [-0.2, -0.15) is 5.10 Å². The molecule has 2 aromatic rings. The number of urea groups is 1. The highest BCUT2D eigenvalue weighted by Crippen LogP contribution is 2.29. The average molecular weight is 361 g/mol. The van der Waals surface area contributed by atoms with E-state index in [-0.39, 0.29) is 17.5 Å². The Kier molecular flexibility index (Phi) is 5.04. The monoisotopic (exact) mass is 360 g/mol. The van der Waals surface area contributed by atoms with Crippen LogP contribution in [0.4, 0.5) is 4.79 Å². The van der Waals surface area contributed by atoms with Gasteiger partial charge in [-0.15, -0.1) is 0 Å². The molecule has 1 heterocycles. The molecule has 1 atom stereocenters. The molecule has 1 unspecified atom stereocenters. The molecule has 1 aromatic carbocycles. The number of benzene rings is 1. The molecule has 1 aliphatic rings. The third-order valence-electron chi connectivity index (χ3n) is 4.98. The Morgan fingerprint density at radius 3 is 3.00 bits per heavy atom. The predicted molar refractivity (Wildman–Crippen MR) is 99.9 cm³/mol. The summed E-state index contributed by atoms with van der Waals surface area (Å²) < 4.78 is 1.91. The summed E-state index contributed by atoms with van der Waals surface area (Å²) in [5.74, 6) is 0. The average Bonchev–Trinajstić information content (AvgIpc) is 2.96. The van der Waals surface area contributed by atoms with Crippen LogP contribution in [-0.2, 0) is 18.9 Å². The molecule has 0 saturated carbocycles. The summed E-state index contributed by atoms with van der Waals surface area (Å²) in [6, 6.07) is 7.67. The summed E-state index contributed by atoms with van der Waals surface area (Å²) >= 11 is 6.08. The molecule has 134 valence electrons. The van der Waals surface area contributed by atoms with Crippen molar-refractivity contribution in [2.45, 2.75) is 44.6 Å². The quantitative estimate of drug-likeness (QED) is 0.872. The highest BCUT2D eigenvalue weighted by molar-refractivity contribution is 6.30. The van der Waals surface area contributed by atoms with E-state index >= 15 is 0 Å². The van der Waals surface area contributed by atoms with E-state index in [4.69, 9.17) is 11.6 Å². The van der Waals surface area contributed by atoms with Crippen molar-refractivity contribution in [2.24, 2.45) is 7.05 Å². The van der Waals surface area contributed by atoms with Crippen molar-refractivity contribution in [3.05, 3.63) is 52.3 Å². The molecular weight excluding hydrogens is 336 g/mol. The first-order valence-corrected chi connectivity index (χ1v) is 9.06. The Morgan fingerprint density at radius 1 is 1.44 bits per heavy atom. The van der Waals surface area contributed by atoms with Crippen LogP contribution in [0.1, 0.15) is 49.6 Å². The lowest BCUT2D eigenvalue weighted by Crippen LogP contribution is -2.44. The van der Waals surface area contributed by atoms with Crippen molar-refractivity contribution < 1.29 is 4.79 Å². The zero-order valence-corrected chi connectivity index (χ0v) is 15.7. The fraction of sp³-hybridized carbons (Fsp3) is 0.474. The summed E-state index contributed by atoms with van der Waals surface area (Å²) in [6.07, 6.45) is 4.90. The van der Waals surface area contributed by atoms with Gasteiger partial charge in [-0.1, -0.05) is 37.6 Å². The molecule has 0 bridgehead atoms. The van der Waals surface area contributed by atoms with Crippen LogP contribution >= 0.6 is 11.6 Å². The second-order valence-electron chi connectivity index (χ2n) is 7.34. The number of hydrogen-bond acceptors (Lipinski definition) is 2. The first-order valence-electron chi connectivity index (χ1n) is 8.68. The Hall–Kier alpha value is -2.01. The number of amides is 2. The molecule has 2 amide bonds. The number of rotatable bonds is 4. The number of carbonyl (C=O) groups is 1. The first kappa shape index (κ1) is 17.8. The molecule has 2 N–H and O–H groups in total. The SMILES string of the molecule is Cn1ncc2c1CCCC2NC(=O)NCC(C)(C)c1cccc(Cl)c1. The fourth-order valence-corrected chi connectivity index (χ4v) is 3.57. The van der Waals surface area contributed by atoms with Gasteiger partial charge < -0.3 is 10.6 Å². The molecule has 0 fully saturated rings. The van der Waals surface area contributed by atoms with Gasteiger partial charge in [0, 0.05) is 35.3 Å². The lowest BCUT2D eigenvalue weighted by atomic mass is 9.84. The third-order valence-corrected chi connectivity index (χ3v) is 5.21. The van der Waals surface area contributed by atoms with Gasteiger partial charge in [-0.3, -0.25) is 4.68 Å². The van der Waals surface area contributed by atoms with Gasteiger partial charge in [0.1, 0.15) is 0 Å². The first-order chi connectivity index (χ1) is 11.9. The van der Waals surface area contributed by atoms with Crippen LogP contribution < -0.4 is 10.6 Å². The van der Waals surface area contributed by atoms with Crippen molar-refractivity contribution in [2.75, 3.05) is 6.54 Å². The Balaban J connectivity index is 1.60. The Morgan fingerprint density at radius 2 is 2.24 bits per heavy atom. The molecule has 1 aliphatic carbocycles. The van der Waals surface area contributed by atoms with Crippen LogP contribution in [0.25, 0.3) is 0 Å². The maximum atomic E-state index is 12.4. The number of aromatic nitrogens is 2. The summed E-state index contributed by atoms with van der Waals surface area (Å²) in [5, 5.41) is 11.1. The molecule has 0 spiro atoms. The van der Waals surface area contributed by atoms with E-state index in [1.165, 1.54) is 5.69 Å². The zero-order valence-electron chi connectivity index (χ0n) is 15.0. The van der Waals surface area contributed by atoms with Crippen molar-refractivity contribution >= 4 is 17.6 Å². The van der Waals surface area contributed by atoms with Crippen LogP contribution in [0, 0.1) is 0 Å². The maximum Gasteiger partial charge on any atom is 0.315 e. The summed E-state index contributed by atoms with van der Waals surface area (Å²) in [7, 11) is 1.95. The molecule has 1 aromatic heterocycles. The standard InChI is InChI=1S/C19H25ClN4O/c1-19(2,13-6-4-7-14(20)10-13)12-21-18(25)23-16-8-5-9-17-15(16)11-22-24(17)3/h4,6-7,10-11,16H,5,8-9,12H2,1-3H3,(H2,21,23,25). The van der Waals surface area contributed by atoms with Crippen molar-refractivity contribution in [3.63, 3.8) is 0 Å². The van der Waals surface area contributed by atoms with Gasteiger partial charge in [-0.25, -0.2) is 4.79 Å². The molecule has 6 heteroatoms. The van der Waals surface area contributed by atoms with E-state index in [9.17, 15) is 4.79 Å². The van der Waals surface area contributed by atoms with Crippen molar-refractivity contribution in [1.82, 2.24) is 20.4 Å². The predicted octanol–water partition coefficient (Wildman–Crippen LogP) is 3.73. The van der Waals surface area contributed by atoms with Gasteiger partial charge in [-0.05, 0) is 37.0 Å². The summed E-state index contributed by atoms with van der Waals surface area (Å²) in [6.45, 7) is 4.73. The van der Waals surface area contributed by atoms with Crippen LogP contribution in [0.15, 0.2) is 30.5 Å². The van der Waals surface area contributed by atoms with E-state index in [0.717, 1.165) is 30.4 Å². The van der Waals surface area contributed by atoms with Crippen molar-refractivity contribution in [3.8, 4) is 0 Å². The van der Waals surface area contributed by atoms with Gasteiger partial charge in [0.05, 0.1) is 12.2 Å². The molecule has 0 radical (unpaired) electrons. The number of hydrogen-bond donors (Lipinski definition) is 2. The minimum Gasteiger partial charge on any atom is -0.337 e. The molecule has 25 heavy (non-hydrogen) atoms. The number of aryl methyl sites for hydroxylation is 1. The molecule has 0 aliphatic heterocycles. The smallest absolute Gasteiger partial charge is 0.315 e. The Labute approximate surface area is 153 Å². The molecule has 0 saturated heterocycles. The molecule has 3 rings (SSSR count). The van der Waals surface area contributed by atoms with Crippen LogP contribution in [0.3, 0.4) is 0 Å². The fourth-order valence-electron chi connectivity index (χ4n) is 3.38. The van der Waals surface area contributed by atoms with Gasteiger partial charge in [0.2, 0.25) is 0 Å². The van der Waals surface area contributed by atoms with Gasteiger partial charge >= 0.3 is 6.03 Å². The van der Waals surface area contributed by atoms with Crippen LogP contribution in [0.2, 0.25) is 5.02 Å². The van der Waals surface area contributed by atoms with Crippen LogP contribution in [0.5, 0.6) is 0 Å². The largest absolute Gasteiger partial charge is 0.337 e. The summed E-state index contributed by atoms with van der Waals surface area (Å²) in [5.41, 5.74) is 3.26. The lowest BCUT2D eigenvalue weighted by Gasteiger charge is -2.28. The van der Waals surface area contributed by atoms with E-state index in [1.807, 2.05) is 42.2 Å². The highest BCUT2D eigenvalue weighted by atomic mass is 35.5. The highest BCUT2D eigenvalue weighted by Gasteiger charge is 2.26. The number of nitrogens with one attached hydrogen (secondary N) is 2. The number of halogens is 1. The zero-order chi connectivity index (χ0) is 18.0. The molecule has 5 nitrogen and oxygen atoms in total. The lowest BCUT2D eigenvalue weighted by molar-refractivity contribution is 0.233. The summed E-state index contributed by atoms with van der Waals surface area (Å²) in [4.78, 5) is 12.4. The van der Waals surface area contributed by atoms with E-state index in [2.05, 4.69) is 29.6 Å². The molecular formula is C19H25ClN4O. The van der Waals surface area contributed by atoms with E-state index in [1.54, 1.807) is 0 Å². The topological polar surface area (TPSA) is 59.0 Å². The number of fused-ring (bicyclic) bond motifs is 1. The Bertz CT molecular complexity index is 769. The second-order valence-corrected chi connectivity index (χ2v) is 7.77. The van der Waals surface area contributed by atoms with E-state index < -0.39 is 0 Å². The van der Waals surface area contributed by atoms with E-state index in [0.29, 0.717) is 11.6 Å². The third kappa shape index (κ3) is 3.98. The van der Waals surface area contributed by atoms with Gasteiger partial charge in [0.15, 0.2) is 0 Å². The van der Waals surface area contributed by atoms with Gasteiger partial charge in [0.25, 0.3) is 0 Å². The van der Waals surface area contributed by atoms with Crippen molar-refractivity contribution in [1.29, 1.82) is 0 Å².